The number of rotatable bonds is 11. The van der Waals surface area contributed by atoms with E-state index in [2.05, 4.69) is 15.3 Å². The van der Waals surface area contributed by atoms with Crippen LogP contribution in [0.25, 0.3) is 0 Å². The SMILES string of the molecule is COc1ccc(CNCCn2cccn2)cc1OC[C@@H](O)CN1CCCC1. The van der Waals surface area contributed by atoms with Gasteiger partial charge in [-0.2, -0.15) is 5.10 Å². The summed E-state index contributed by atoms with van der Waals surface area (Å²) in [5, 5.41) is 17.8. The molecule has 0 aliphatic carbocycles. The highest BCUT2D eigenvalue weighted by Gasteiger charge is 2.17. The van der Waals surface area contributed by atoms with Crippen LogP contribution in [-0.2, 0) is 13.1 Å². The zero-order valence-corrected chi connectivity index (χ0v) is 16.0. The van der Waals surface area contributed by atoms with Crippen LogP contribution in [-0.4, -0.2) is 65.8 Å². The smallest absolute Gasteiger partial charge is 0.161 e. The van der Waals surface area contributed by atoms with E-state index in [0.29, 0.717) is 18.0 Å². The highest BCUT2D eigenvalue weighted by molar-refractivity contribution is 5.43. The Morgan fingerprint density at radius 3 is 2.85 bits per heavy atom. The van der Waals surface area contributed by atoms with Gasteiger partial charge in [0, 0.05) is 32.0 Å². The van der Waals surface area contributed by atoms with Crippen molar-refractivity contribution in [2.45, 2.75) is 32.0 Å². The summed E-state index contributed by atoms with van der Waals surface area (Å²) >= 11 is 0. The second kappa shape index (κ2) is 10.3. The lowest BCUT2D eigenvalue weighted by molar-refractivity contribution is 0.0746. The average molecular weight is 374 g/mol. The summed E-state index contributed by atoms with van der Waals surface area (Å²) in [4.78, 5) is 2.28. The van der Waals surface area contributed by atoms with Gasteiger partial charge in [-0.3, -0.25) is 4.68 Å². The van der Waals surface area contributed by atoms with Crippen LogP contribution >= 0.6 is 0 Å². The van der Waals surface area contributed by atoms with Crippen LogP contribution in [0, 0.1) is 0 Å². The van der Waals surface area contributed by atoms with Crippen molar-refractivity contribution in [3.8, 4) is 11.5 Å². The minimum absolute atomic E-state index is 0.267. The van der Waals surface area contributed by atoms with Crippen LogP contribution in [0.1, 0.15) is 18.4 Å². The maximum Gasteiger partial charge on any atom is 0.161 e. The Morgan fingerprint density at radius 2 is 2.11 bits per heavy atom. The first-order valence-corrected chi connectivity index (χ1v) is 9.63. The number of hydrogen-bond acceptors (Lipinski definition) is 6. The Hall–Kier alpha value is -2.09. The summed E-state index contributed by atoms with van der Waals surface area (Å²) in [5.74, 6) is 1.35. The van der Waals surface area contributed by atoms with Gasteiger partial charge in [-0.1, -0.05) is 6.07 Å². The molecule has 148 valence electrons. The fraction of sp³-hybridized carbons (Fsp3) is 0.550. The highest BCUT2D eigenvalue weighted by atomic mass is 16.5. The molecule has 1 aromatic carbocycles. The summed E-state index contributed by atoms with van der Waals surface area (Å²) in [7, 11) is 1.63. The Balaban J connectivity index is 1.46. The van der Waals surface area contributed by atoms with Crippen molar-refractivity contribution >= 4 is 0 Å². The number of hydrogen-bond donors (Lipinski definition) is 2. The third kappa shape index (κ3) is 6.23. The van der Waals surface area contributed by atoms with Crippen molar-refractivity contribution < 1.29 is 14.6 Å². The number of ether oxygens (including phenoxy) is 2. The molecule has 0 bridgehead atoms. The topological polar surface area (TPSA) is 71.8 Å². The van der Waals surface area contributed by atoms with E-state index in [-0.39, 0.29) is 6.61 Å². The van der Waals surface area contributed by atoms with E-state index in [1.54, 1.807) is 13.3 Å². The molecule has 1 fully saturated rings. The third-order valence-electron chi connectivity index (χ3n) is 4.73. The molecule has 1 saturated heterocycles. The summed E-state index contributed by atoms with van der Waals surface area (Å²) in [6.07, 6.45) is 5.68. The van der Waals surface area contributed by atoms with E-state index < -0.39 is 6.10 Å². The predicted molar refractivity (Wildman–Crippen MR) is 104 cm³/mol. The van der Waals surface area contributed by atoms with Gasteiger partial charge in [0.25, 0.3) is 0 Å². The third-order valence-corrected chi connectivity index (χ3v) is 4.73. The minimum atomic E-state index is -0.497. The molecule has 1 aromatic heterocycles. The monoisotopic (exact) mass is 374 g/mol. The first-order chi connectivity index (χ1) is 13.2. The zero-order valence-electron chi connectivity index (χ0n) is 16.0. The first kappa shape index (κ1) is 19.7. The number of benzene rings is 1. The fourth-order valence-electron chi connectivity index (χ4n) is 3.30. The molecule has 1 atom stereocenters. The number of aliphatic hydroxyl groups excluding tert-OH is 1. The Bertz CT molecular complexity index is 672. The molecule has 1 aliphatic heterocycles. The predicted octanol–water partition coefficient (Wildman–Crippen LogP) is 1.52. The summed E-state index contributed by atoms with van der Waals surface area (Å²) in [6, 6.07) is 7.83. The van der Waals surface area contributed by atoms with Crippen LogP contribution in [0.4, 0.5) is 0 Å². The average Bonchev–Trinajstić information content (AvgIpc) is 3.38. The molecule has 2 heterocycles. The molecule has 0 spiro atoms. The molecule has 7 nitrogen and oxygen atoms in total. The summed E-state index contributed by atoms with van der Waals surface area (Å²) in [5.41, 5.74) is 1.11. The van der Waals surface area contributed by atoms with E-state index in [1.807, 2.05) is 35.1 Å². The molecule has 2 N–H and O–H groups in total. The van der Waals surface area contributed by atoms with Crippen LogP contribution in [0.15, 0.2) is 36.7 Å². The van der Waals surface area contributed by atoms with Gasteiger partial charge in [-0.25, -0.2) is 0 Å². The minimum Gasteiger partial charge on any atom is -0.493 e. The summed E-state index contributed by atoms with van der Waals surface area (Å²) in [6.45, 7) is 5.46. The number of β-amino-alcohol motifs (C(OH)–C–C–N with tert-alkyl or cyclic N) is 1. The van der Waals surface area contributed by atoms with E-state index >= 15 is 0 Å². The number of aromatic nitrogens is 2. The quantitative estimate of drug-likeness (QED) is 0.581. The fourth-order valence-corrected chi connectivity index (χ4v) is 3.30. The van der Waals surface area contributed by atoms with Gasteiger partial charge in [-0.05, 0) is 49.7 Å². The van der Waals surface area contributed by atoms with Gasteiger partial charge >= 0.3 is 0 Å². The number of nitrogens with zero attached hydrogens (tertiary/aromatic N) is 3. The number of aliphatic hydroxyl groups is 1. The van der Waals surface area contributed by atoms with Crippen molar-refractivity contribution in [2.24, 2.45) is 0 Å². The standard InChI is InChI=1S/C20H30N4O3/c1-26-19-6-5-17(14-21-8-12-24-11-4-7-22-24)13-20(19)27-16-18(25)15-23-9-2-3-10-23/h4-7,11,13,18,21,25H,2-3,8-10,12,14-16H2,1H3/t18-/m0/s1. The largest absolute Gasteiger partial charge is 0.493 e. The molecule has 0 amide bonds. The Labute approximate surface area is 160 Å². The second-order valence-corrected chi connectivity index (χ2v) is 6.90. The lowest BCUT2D eigenvalue weighted by Gasteiger charge is -2.20. The highest BCUT2D eigenvalue weighted by Crippen LogP contribution is 2.28. The van der Waals surface area contributed by atoms with Crippen molar-refractivity contribution in [3.63, 3.8) is 0 Å². The van der Waals surface area contributed by atoms with Crippen LogP contribution in [0.5, 0.6) is 11.5 Å². The molecule has 7 heteroatoms. The summed E-state index contributed by atoms with van der Waals surface area (Å²) < 4.78 is 13.2. The van der Waals surface area contributed by atoms with Crippen molar-refractivity contribution in [3.05, 3.63) is 42.2 Å². The van der Waals surface area contributed by atoms with E-state index in [4.69, 9.17) is 9.47 Å². The molecular formula is C20H30N4O3. The van der Waals surface area contributed by atoms with E-state index in [9.17, 15) is 5.11 Å². The molecule has 27 heavy (non-hydrogen) atoms. The lowest BCUT2D eigenvalue weighted by Crippen LogP contribution is -2.33. The van der Waals surface area contributed by atoms with Gasteiger partial charge in [0.1, 0.15) is 12.7 Å². The van der Waals surface area contributed by atoms with Crippen LogP contribution in [0.2, 0.25) is 0 Å². The first-order valence-electron chi connectivity index (χ1n) is 9.63. The lowest BCUT2D eigenvalue weighted by atomic mass is 10.2. The molecule has 1 aliphatic rings. The van der Waals surface area contributed by atoms with Gasteiger partial charge in [0.15, 0.2) is 11.5 Å². The molecule has 0 unspecified atom stereocenters. The van der Waals surface area contributed by atoms with Crippen LogP contribution < -0.4 is 14.8 Å². The van der Waals surface area contributed by atoms with Gasteiger partial charge in [0.05, 0.1) is 13.7 Å². The molecule has 2 aromatic rings. The van der Waals surface area contributed by atoms with E-state index in [1.165, 1.54) is 12.8 Å². The maximum atomic E-state index is 10.2. The normalized spacial score (nSPS) is 15.8. The van der Waals surface area contributed by atoms with Gasteiger partial charge < -0.3 is 24.8 Å². The van der Waals surface area contributed by atoms with Crippen molar-refractivity contribution in [1.29, 1.82) is 0 Å². The number of likely N-dealkylation sites (tertiary alicyclic amines) is 1. The number of methoxy groups -OCH3 is 1. The zero-order chi connectivity index (χ0) is 18.9. The molecule has 0 saturated carbocycles. The molecule has 0 radical (unpaired) electrons. The van der Waals surface area contributed by atoms with Gasteiger partial charge in [-0.15, -0.1) is 0 Å². The maximum absolute atomic E-state index is 10.2. The Morgan fingerprint density at radius 1 is 1.26 bits per heavy atom. The molecule has 3 rings (SSSR count). The van der Waals surface area contributed by atoms with E-state index in [0.717, 1.165) is 38.3 Å². The number of nitrogens with one attached hydrogen (secondary N) is 1. The second-order valence-electron chi connectivity index (χ2n) is 6.90. The Kier molecular flexibility index (Phi) is 7.50. The van der Waals surface area contributed by atoms with Gasteiger partial charge in [0.2, 0.25) is 0 Å². The van der Waals surface area contributed by atoms with Crippen LogP contribution in [0.3, 0.4) is 0 Å². The van der Waals surface area contributed by atoms with Crippen molar-refractivity contribution in [2.75, 3.05) is 39.9 Å². The van der Waals surface area contributed by atoms with Crippen molar-refractivity contribution in [1.82, 2.24) is 20.0 Å². The molecular weight excluding hydrogens is 344 g/mol.